The molecule has 0 saturated heterocycles. The van der Waals surface area contributed by atoms with Crippen molar-refractivity contribution >= 4 is 78.6 Å². The number of aliphatic hydroxyl groups is 1. The smallest absolute Gasteiger partial charge is 0.231 e. The summed E-state index contributed by atoms with van der Waals surface area (Å²) in [4.78, 5) is 43.0. The van der Waals surface area contributed by atoms with Crippen molar-refractivity contribution in [2.45, 2.75) is 12.8 Å². The number of benzene rings is 6. The zero-order chi connectivity index (χ0) is 70.5. The van der Waals surface area contributed by atoms with Gasteiger partial charge in [-0.15, -0.1) is 11.3 Å². The molecule has 0 spiro atoms. The van der Waals surface area contributed by atoms with Crippen molar-refractivity contribution in [1.82, 2.24) is 69.2 Å². The van der Waals surface area contributed by atoms with E-state index in [0.717, 1.165) is 137 Å². The number of methoxy groups -OCH3 is 5. The second-order valence-electron chi connectivity index (χ2n) is 23.2. The van der Waals surface area contributed by atoms with E-state index in [1.54, 1.807) is 93.0 Å². The van der Waals surface area contributed by atoms with Crippen molar-refractivity contribution in [2.24, 2.45) is 21.1 Å². The summed E-state index contributed by atoms with van der Waals surface area (Å²) in [7, 11) is 13.8. The summed E-state index contributed by atoms with van der Waals surface area (Å²) in [5, 5.41) is 25.1. The number of anilines is 6. The quantitative estimate of drug-likeness (QED) is 0.0656. The van der Waals surface area contributed by atoms with E-state index in [2.05, 4.69) is 86.1 Å². The van der Waals surface area contributed by atoms with E-state index in [1.165, 1.54) is 16.9 Å². The summed E-state index contributed by atoms with van der Waals surface area (Å²) in [5.41, 5.74) is 16.5. The number of aliphatic hydroxyl groups excluding tert-OH is 1. The molecule has 1 aliphatic heterocycles. The molecule has 514 valence electrons. The Morgan fingerprint density at radius 3 is 1.39 bits per heavy atom. The van der Waals surface area contributed by atoms with Crippen LogP contribution in [0.5, 0.6) is 40.2 Å². The van der Waals surface area contributed by atoms with Crippen molar-refractivity contribution in [2.75, 3.05) is 83.3 Å². The van der Waals surface area contributed by atoms with E-state index in [-0.39, 0.29) is 13.4 Å². The summed E-state index contributed by atoms with van der Waals surface area (Å²) in [6, 6.07) is 37.5. The fourth-order valence-corrected chi connectivity index (χ4v) is 12.0. The minimum absolute atomic E-state index is 0.0316. The van der Waals surface area contributed by atoms with Crippen LogP contribution >= 0.6 is 11.3 Å². The van der Waals surface area contributed by atoms with E-state index in [4.69, 9.17) is 48.1 Å². The Bertz CT molecular complexity index is 5250. The van der Waals surface area contributed by atoms with Gasteiger partial charge in [0.2, 0.25) is 12.5 Å². The predicted octanol–water partition coefficient (Wildman–Crippen LogP) is 12.8. The summed E-state index contributed by atoms with van der Waals surface area (Å²) in [6.07, 6.45) is 23.7. The molecule has 9 heterocycles. The lowest BCUT2D eigenvalue weighted by Gasteiger charge is -2.26. The Morgan fingerprint density at radius 1 is 0.480 bits per heavy atom. The summed E-state index contributed by atoms with van der Waals surface area (Å²) in [5.74, 6) is 11.0. The lowest BCUT2D eigenvalue weighted by molar-refractivity contribution is 0.171. The molecule has 25 nitrogen and oxygen atoms in total. The van der Waals surface area contributed by atoms with Crippen molar-refractivity contribution < 1.29 is 38.3 Å². The van der Waals surface area contributed by atoms with Crippen molar-refractivity contribution in [3.63, 3.8) is 0 Å². The number of nitrogens with zero attached hydrogens (tertiary/aromatic N) is 17. The third-order valence-corrected chi connectivity index (χ3v) is 17.2. The van der Waals surface area contributed by atoms with Gasteiger partial charge in [0.05, 0.1) is 136 Å². The molecule has 0 radical (unpaired) electrons. The molecule has 0 saturated carbocycles. The lowest BCUT2D eigenvalue weighted by atomic mass is 10.1. The minimum Gasteiger partial charge on any atom is -0.497 e. The van der Waals surface area contributed by atoms with Gasteiger partial charge in [0.1, 0.15) is 23.0 Å². The zero-order valence-electron chi connectivity index (χ0n) is 57.2. The number of ether oxygens (including phenoxy) is 7. The van der Waals surface area contributed by atoms with Crippen LogP contribution in [0.3, 0.4) is 0 Å². The third kappa shape index (κ3) is 15.9. The highest BCUT2D eigenvalue weighted by molar-refractivity contribution is 7.10. The molecule has 0 amide bonds. The number of aryl methyl sites for hydroxylation is 4. The van der Waals surface area contributed by atoms with Crippen LogP contribution in [0.1, 0.15) is 17.0 Å². The van der Waals surface area contributed by atoms with E-state index in [0.29, 0.717) is 41.8 Å². The van der Waals surface area contributed by atoms with E-state index in [9.17, 15) is 5.11 Å². The molecule has 102 heavy (non-hydrogen) atoms. The van der Waals surface area contributed by atoms with E-state index in [1.807, 2.05) is 153 Å². The second-order valence-corrected chi connectivity index (χ2v) is 24.1. The first kappa shape index (κ1) is 67.8. The molecule has 8 aromatic heterocycles. The number of rotatable bonds is 21. The van der Waals surface area contributed by atoms with Crippen LogP contribution in [0, 0.1) is 11.8 Å². The molecule has 0 aliphatic carbocycles. The van der Waals surface area contributed by atoms with Crippen LogP contribution in [-0.4, -0.2) is 143 Å². The number of fused-ring (bicyclic) bond motifs is 4. The van der Waals surface area contributed by atoms with Crippen LogP contribution in [-0.2, 0) is 27.6 Å². The topological polar surface area (TPSA) is 251 Å². The monoisotopic (exact) mass is 1380 g/mol. The normalized spacial score (nSPS) is 11.3. The van der Waals surface area contributed by atoms with Gasteiger partial charge >= 0.3 is 0 Å². The number of pyridine rings is 1. The van der Waals surface area contributed by atoms with Crippen molar-refractivity contribution in [1.29, 1.82) is 0 Å². The molecule has 0 unspecified atom stereocenters. The van der Waals surface area contributed by atoms with Gasteiger partial charge in [0, 0.05) is 176 Å². The van der Waals surface area contributed by atoms with Crippen LogP contribution < -0.4 is 47.9 Å². The Hall–Kier alpha value is -12.7. The van der Waals surface area contributed by atoms with Crippen LogP contribution in [0.2, 0.25) is 0 Å². The molecule has 6 aromatic carbocycles. The standard InChI is InChI=1S/C28H28N6O2.C26H22N6O2S.C22H21N5O4/c1-33-19-21(17-31-33)28-18-30-26-7-6-22(15-27(26)32-28)34(12-4-5-20-8-10-29-11-9-20)23-13-24(35-2)16-25(14-23)36-3;1-31-17-18(15-29-31)25-16-28-23-7-6-19(13-24(23)30-25)32(9-4-5-26-27-8-10-35-26)20-11-21(33-2)14-22(12-20)34-3;1-26-12-14(10-24-26)19-11-23-17-4-3-15(7-18(17)25-19)27(5-6-28)16-8-20(29-2)22-21(9-16)30-13-31-22/h6-11,13-19H,4-5,12H2,1-3H3;6-8,10-17H,9H2,1-3H3;3-4,7-12,28H,5-6,13H2,1-2H3. The lowest BCUT2D eigenvalue weighted by Crippen LogP contribution is -2.21. The second kappa shape index (κ2) is 31.4. The maximum absolute atomic E-state index is 9.72. The summed E-state index contributed by atoms with van der Waals surface area (Å²) >= 11 is 1.51. The highest BCUT2D eigenvalue weighted by Crippen LogP contribution is 2.46. The van der Waals surface area contributed by atoms with Gasteiger partial charge in [0.25, 0.3) is 0 Å². The maximum Gasteiger partial charge on any atom is 0.231 e. The minimum atomic E-state index is -0.0316. The molecule has 0 atom stereocenters. The Labute approximate surface area is 591 Å². The number of hydrogen-bond acceptors (Lipinski definition) is 23. The largest absolute Gasteiger partial charge is 0.497 e. The zero-order valence-corrected chi connectivity index (χ0v) is 58.1. The third-order valence-electron chi connectivity index (χ3n) is 16.5. The van der Waals surface area contributed by atoms with Crippen LogP contribution in [0.4, 0.5) is 34.1 Å². The van der Waals surface area contributed by atoms with Gasteiger partial charge in [-0.1, -0.05) is 5.92 Å². The summed E-state index contributed by atoms with van der Waals surface area (Å²) in [6.45, 7) is 1.72. The van der Waals surface area contributed by atoms with E-state index < -0.39 is 0 Å². The molecule has 15 rings (SSSR count). The van der Waals surface area contributed by atoms with Gasteiger partial charge in [-0.25, -0.2) is 19.9 Å². The van der Waals surface area contributed by atoms with Crippen LogP contribution in [0.15, 0.2) is 195 Å². The molecular formula is C76H71N17O8S. The first-order chi connectivity index (χ1) is 49.9. The number of thiazole rings is 1. The van der Waals surface area contributed by atoms with Crippen molar-refractivity contribution in [3.05, 3.63) is 206 Å². The number of aromatic nitrogens is 14. The van der Waals surface area contributed by atoms with Crippen molar-refractivity contribution in [3.8, 4) is 85.9 Å². The molecule has 1 aliphatic rings. The van der Waals surface area contributed by atoms with Gasteiger partial charge in [-0.05, 0) is 91.1 Å². The Morgan fingerprint density at radius 2 is 0.951 bits per heavy atom. The average Bonchev–Trinajstić information content (AvgIpc) is 1.43. The predicted molar refractivity (Wildman–Crippen MR) is 393 cm³/mol. The fourth-order valence-electron chi connectivity index (χ4n) is 11.5. The molecule has 0 fully saturated rings. The van der Waals surface area contributed by atoms with Gasteiger partial charge in [0.15, 0.2) is 16.5 Å². The first-order valence-electron chi connectivity index (χ1n) is 32.3. The Balaban J connectivity index is 0.000000137. The van der Waals surface area contributed by atoms with Gasteiger partial charge in [-0.2, -0.15) is 15.3 Å². The highest BCUT2D eigenvalue weighted by Gasteiger charge is 2.24. The van der Waals surface area contributed by atoms with E-state index >= 15 is 0 Å². The number of hydrogen-bond donors (Lipinski definition) is 1. The molecule has 1 N–H and O–H groups in total. The average molecular weight is 1380 g/mol. The highest BCUT2D eigenvalue weighted by atomic mass is 32.1. The summed E-state index contributed by atoms with van der Waals surface area (Å²) < 4.78 is 43.9. The Kier molecular flexibility index (Phi) is 20.9. The SMILES string of the molecule is COc1cc(N(CCO)c2ccc3ncc(-c4cnn(C)c4)nc3c2)cc2c1OCO2.COc1cc(OC)cc(N(CC#Cc2nccs2)c2ccc3ncc(-c4cnn(C)c4)nc3c2)c1.COc1cc(OC)cc(N(CCCc2ccncc2)c2ccc3ncc(-c4cnn(C)c4)nc3c2)c1. The van der Waals surface area contributed by atoms with Gasteiger partial charge < -0.3 is 53.0 Å². The molecule has 26 heteroatoms. The molecular weight excluding hydrogens is 1310 g/mol. The first-order valence-corrected chi connectivity index (χ1v) is 33.2. The van der Waals surface area contributed by atoms with Crippen LogP contribution in [0.25, 0.3) is 66.9 Å². The molecule has 0 bridgehead atoms. The van der Waals surface area contributed by atoms with Gasteiger partial charge in [-0.3, -0.25) is 34.0 Å². The maximum atomic E-state index is 9.72. The molecule has 14 aromatic rings. The fraction of sp³-hybridized carbons (Fsp3) is 0.197.